The largest absolute Gasteiger partial charge is 0.492 e. The number of ether oxygens (including phenoxy) is 1. The van der Waals surface area contributed by atoms with Gasteiger partial charge in [0.05, 0.1) is 12.8 Å². The second kappa shape index (κ2) is 8.88. The molecule has 0 aliphatic carbocycles. The van der Waals surface area contributed by atoms with Crippen LogP contribution in [0.2, 0.25) is 0 Å². The van der Waals surface area contributed by atoms with E-state index in [-0.39, 0.29) is 0 Å². The third-order valence-corrected chi connectivity index (χ3v) is 3.49. The molecule has 1 aliphatic heterocycles. The zero-order valence-corrected chi connectivity index (χ0v) is 13.3. The minimum Gasteiger partial charge on any atom is -0.492 e. The molecule has 2 rings (SSSR count). The number of piperazine rings is 1. The molecule has 7 nitrogen and oxygen atoms in total. The molecule has 1 fully saturated rings. The summed E-state index contributed by atoms with van der Waals surface area (Å²) in [5.41, 5.74) is 1.28. The highest BCUT2D eigenvalue weighted by molar-refractivity contribution is 5.77. The molecule has 0 saturated carbocycles. The Labute approximate surface area is 136 Å². The van der Waals surface area contributed by atoms with E-state index in [1.165, 1.54) is 12.4 Å². The lowest BCUT2D eigenvalue weighted by Gasteiger charge is -2.27. The van der Waals surface area contributed by atoms with Crippen LogP contribution in [0.3, 0.4) is 0 Å². The number of aromatic nitrogens is 1. The monoisotopic (exact) mass is 314 g/mol. The van der Waals surface area contributed by atoms with Gasteiger partial charge in [-0.2, -0.15) is 5.26 Å². The molecule has 2 heterocycles. The van der Waals surface area contributed by atoms with E-state index < -0.39 is 0 Å². The van der Waals surface area contributed by atoms with Crippen molar-refractivity contribution in [2.45, 2.75) is 6.92 Å². The van der Waals surface area contributed by atoms with Gasteiger partial charge in [-0.1, -0.05) is 0 Å². The summed E-state index contributed by atoms with van der Waals surface area (Å²) in [5, 5.41) is 23.0. The van der Waals surface area contributed by atoms with Crippen LogP contribution in [0.1, 0.15) is 12.5 Å². The van der Waals surface area contributed by atoms with Crippen LogP contribution in [0, 0.1) is 16.7 Å². The van der Waals surface area contributed by atoms with Crippen molar-refractivity contribution in [3.8, 4) is 11.8 Å². The predicted octanol–water partition coefficient (Wildman–Crippen LogP) is 1.20. The van der Waals surface area contributed by atoms with E-state index in [9.17, 15) is 0 Å². The molecule has 7 heteroatoms. The van der Waals surface area contributed by atoms with Crippen molar-refractivity contribution in [2.24, 2.45) is 0 Å². The van der Waals surface area contributed by atoms with Gasteiger partial charge < -0.3 is 20.8 Å². The Balaban J connectivity index is 2.03. The van der Waals surface area contributed by atoms with Crippen molar-refractivity contribution in [1.82, 2.24) is 15.2 Å². The zero-order valence-electron chi connectivity index (χ0n) is 13.3. The molecule has 0 spiro atoms. The van der Waals surface area contributed by atoms with Crippen LogP contribution in [0.4, 0.5) is 5.82 Å². The first-order chi connectivity index (χ1) is 11.3. The summed E-state index contributed by atoms with van der Waals surface area (Å²) >= 11 is 0. The average molecular weight is 314 g/mol. The Bertz CT molecular complexity index is 601. The highest BCUT2D eigenvalue weighted by atomic mass is 16.5. The second-order valence-corrected chi connectivity index (χ2v) is 5.14. The summed E-state index contributed by atoms with van der Waals surface area (Å²) in [6.45, 7) is 7.01. The van der Waals surface area contributed by atoms with Crippen molar-refractivity contribution >= 4 is 12.0 Å². The van der Waals surface area contributed by atoms with Gasteiger partial charge in [0.2, 0.25) is 0 Å². The number of hydrogen-bond acceptors (Lipinski definition) is 7. The SMILES string of the molecule is CCOc1cc(N/C=C(\C=N)CN2CCNCC2)ncc1C#N. The van der Waals surface area contributed by atoms with Crippen LogP contribution in [0.5, 0.6) is 5.75 Å². The summed E-state index contributed by atoms with van der Waals surface area (Å²) in [5.74, 6) is 1.10. The molecule has 0 aromatic carbocycles. The highest BCUT2D eigenvalue weighted by Gasteiger charge is 2.10. The van der Waals surface area contributed by atoms with Crippen LogP contribution >= 0.6 is 0 Å². The smallest absolute Gasteiger partial charge is 0.142 e. The van der Waals surface area contributed by atoms with E-state index in [1.54, 1.807) is 12.3 Å². The molecular weight excluding hydrogens is 292 g/mol. The first-order valence-electron chi connectivity index (χ1n) is 7.69. The van der Waals surface area contributed by atoms with Gasteiger partial charge in [-0.15, -0.1) is 0 Å². The van der Waals surface area contributed by atoms with Gasteiger partial charge in [-0.3, -0.25) is 4.90 Å². The first kappa shape index (κ1) is 16.9. The molecular formula is C16H22N6O. The summed E-state index contributed by atoms with van der Waals surface area (Å²) < 4.78 is 5.44. The molecule has 0 unspecified atom stereocenters. The van der Waals surface area contributed by atoms with Gasteiger partial charge in [0, 0.05) is 51.2 Å². The Morgan fingerprint density at radius 2 is 2.35 bits per heavy atom. The van der Waals surface area contributed by atoms with Crippen molar-refractivity contribution in [3.63, 3.8) is 0 Å². The van der Waals surface area contributed by atoms with Gasteiger partial charge in [0.1, 0.15) is 23.2 Å². The molecule has 0 bridgehead atoms. The minimum atomic E-state index is 0.412. The fourth-order valence-corrected chi connectivity index (χ4v) is 2.30. The van der Waals surface area contributed by atoms with Gasteiger partial charge in [-0.05, 0) is 12.5 Å². The van der Waals surface area contributed by atoms with E-state index in [1.807, 2.05) is 6.92 Å². The van der Waals surface area contributed by atoms with E-state index in [4.69, 9.17) is 15.4 Å². The molecule has 1 aromatic rings. The first-order valence-corrected chi connectivity index (χ1v) is 7.69. The van der Waals surface area contributed by atoms with E-state index in [0.29, 0.717) is 23.7 Å². The average Bonchev–Trinajstić information content (AvgIpc) is 2.60. The number of pyridine rings is 1. The van der Waals surface area contributed by atoms with Gasteiger partial charge in [0.25, 0.3) is 0 Å². The number of nitrogens with zero attached hydrogens (tertiary/aromatic N) is 3. The highest BCUT2D eigenvalue weighted by Crippen LogP contribution is 2.20. The number of nitriles is 1. The molecule has 0 amide bonds. The summed E-state index contributed by atoms with van der Waals surface area (Å²) in [7, 11) is 0. The Morgan fingerprint density at radius 3 is 3.00 bits per heavy atom. The molecule has 1 aromatic heterocycles. The molecule has 0 atom stereocenters. The van der Waals surface area contributed by atoms with Crippen LogP contribution < -0.4 is 15.4 Å². The Hall–Kier alpha value is -2.43. The van der Waals surface area contributed by atoms with Crippen LogP contribution in [0.25, 0.3) is 0 Å². The number of rotatable bonds is 7. The minimum absolute atomic E-state index is 0.412. The van der Waals surface area contributed by atoms with Crippen molar-refractivity contribution in [3.05, 3.63) is 29.6 Å². The summed E-state index contributed by atoms with van der Waals surface area (Å²) in [6, 6.07) is 3.76. The van der Waals surface area contributed by atoms with E-state index in [0.717, 1.165) is 38.3 Å². The summed E-state index contributed by atoms with van der Waals surface area (Å²) in [6.07, 6.45) is 4.61. The van der Waals surface area contributed by atoms with E-state index in [2.05, 4.69) is 26.6 Å². The zero-order chi connectivity index (χ0) is 16.5. The lowest BCUT2D eigenvalue weighted by Crippen LogP contribution is -2.44. The second-order valence-electron chi connectivity index (χ2n) is 5.14. The fourth-order valence-electron chi connectivity index (χ4n) is 2.30. The molecule has 1 saturated heterocycles. The third kappa shape index (κ3) is 5.06. The van der Waals surface area contributed by atoms with Crippen molar-refractivity contribution < 1.29 is 4.74 Å². The molecule has 1 aliphatic rings. The van der Waals surface area contributed by atoms with Crippen LogP contribution in [-0.2, 0) is 0 Å². The maximum Gasteiger partial charge on any atom is 0.142 e. The maximum atomic E-state index is 9.03. The van der Waals surface area contributed by atoms with Crippen molar-refractivity contribution in [1.29, 1.82) is 10.7 Å². The van der Waals surface area contributed by atoms with Gasteiger partial charge in [0.15, 0.2) is 0 Å². The lowest BCUT2D eigenvalue weighted by atomic mass is 10.2. The molecule has 3 N–H and O–H groups in total. The lowest BCUT2D eigenvalue weighted by molar-refractivity contribution is 0.262. The standard InChI is InChI=1S/C16H22N6O/c1-2-23-15-7-16(21-11-14(15)9-18)20-10-13(8-17)12-22-5-3-19-4-6-22/h7-8,10-11,17,19H,2-6,12H2,1H3,(H,20,21)/b13-10+,17-8?. The van der Waals surface area contributed by atoms with Crippen LogP contribution in [0.15, 0.2) is 24.0 Å². The topological polar surface area (TPSA) is 97.1 Å². The predicted molar refractivity (Wildman–Crippen MR) is 89.9 cm³/mol. The number of nitrogens with one attached hydrogen (secondary N) is 3. The Kier molecular flexibility index (Phi) is 6.54. The Morgan fingerprint density at radius 1 is 1.57 bits per heavy atom. The van der Waals surface area contributed by atoms with E-state index >= 15 is 0 Å². The number of hydrogen-bond donors (Lipinski definition) is 3. The molecule has 0 radical (unpaired) electrons. The van der Waals surface area contributed by atoms with Gasteiger partial charge >= 0.3 is 0 Å². The third-order valence-electron chi connectivity index (χ3n) is 3.49. The molecule has 122 valence electrons. The summed E-state index contributed by atoms with van der Waals surface area (Å²) in [4.78, 5) is 6.49. The van der Waals surface area contributed by atoms with Crippen LogP contribution in [-0.4, -0.2) is 55.4 Å². The normalized spacial score (nSPS) is 15.7. The maximum absolute atomic E-state index is 9.03. The van der Waals surface area contributed by atoms with Crippen molar-refractivity contribution in [2.75, 3.05) is 44.6 Å². The van der Waals surface area contributed by atoms with Gasteiger partial charge in [-0.25, -0.2) is 4.98 Å². The quantitative estimate of drug-likeness (QED) is 0.654. The fraction of sp³-hybridized carbons (Fsp3) is 0.438. The number of anilines is 1. The molecule has 23 heavy (non-hydrogen) atoms.